The number of benzene rings is 2. The average Bonchev–Trinajstić information content (AvgIpc) is 2.94. The molecule has 1 atom stereocenters. The molecule has 0 spiro atoms. The van der Waals surface area contributed by atoms with Gasteiger partial charge in [-0.1, -0.05) is 24.2 Å². The Hall–Kier alpha value is -3.99. The Kier molecular flexibility index (Phi) is 7.75. The first-order valence-corrected chi connectivity index (χ1v) is 13.4. The fourth-order valence-corrected chi connectivity index (χ4v) is 5.60. The van der Waals surface area contributed by atoms with Crippen LogP contribution in [0.2, 0.25) is 5.02 Å². The third-order valence-electron chi connectivity index (χ3n) is 7.35. The van der Waals surface area contributed by atoms with E-state index in [1.165, 1.54) is 31.2 Å². The Morgan fingerprint density at radius 3 is 2.55 bits per heavy atom. The molecular weight excluding hydrogens is 542 g/mol. The van der Waals surface area contributed by atoms with Gasteiger partial charge in [0, 0.05) is 63.2 Å². The lowest BCUT2D eigenvalue weighted by Crippen LogP contribution is -2.49. The molecule has 9 nitrogen and oxygen atoms in total. The number of nitrogens with one attached hydrogen (secondary N) is 1. The van der Waals surface area contributed by atoms with E-state index in [0.29, 0.717) is 50.5 Å². The number of aromatic hydroxyl groups is 1. The maximum Gasteiger partial charge on any atom is 0.243 e. The van der Waals surface area contributed by atoms with Gasteiger partial charge >= 0.3 is 0 Å². The summed E-state index contributed by atoms with van der Waals surface area (Å²) >= 11 is 6.53. The number of amides is 2. The highest BCUT2D eigenvalue weighted by Gasteiger charge is 2.29. The lowest BCUT2D eigenvalue weighted by Gasteiger charge is -2.37. The average molecular weight is 571 g/mol. The van der Waals surface area contributed by atoms with E-state index in [1.54, 1.807) is 4.90 Å². The summed E-state index contributed by atoms with van der Waals surface area (Å²) in [6.07, 6.45) is 2.71. The maximum atomic E-state index is 16.3. The number of piperazine rings is 1. The number of hydrogen-bond donors (Lipinski definition) is 2. The third kappa shape index (κ3) is 5.25. The number of piperidine rings is 1. The first kappa shape index (κ1) is 27.6. The molecule has 1 aromatic heterocycles. The van der Waals surface area contributed by atoms with Crippen LogP contribution in [0.15, 0.2) is 36.9 Å². The van der Waals surface area contributed by atoms with E-state index in [0.717, 1.165) is 18.9 Å². The van der Waals surface area contributed by atoms with Crippen molar-refractivity contribution in [3.05, 3.63) is 53.6 Å². The molecule has 3 aromatic rings. The standard InChI is InChI=1S/C28H29ClF2N6O3/c1-3-22(40)32-17-6-5-9-37(15-17)28-33-26-18(27(34-28)36-12-10-35(11-13-36)16(2)38)14-19(29)23(25(26)31)24-20(30)7-4-8-21(24)39/h3-4,7-8,14,17,39H,1,5-6,9-13,15H2,2H3,(H,32,40). The number of fused-ring (bicyclic) bond motifs is 1. The molecule has 12 heteroatoms. The van der Waals surface area contributed by atoms with Crippen LogP contribution in [-0.4, -0.2) is 77.1 Å². The van der Waals surface area contributed by atoms with E-state index in [2.05, 4.69) is 16.9 Å². The van der Waals surface area contributed by atoms with Crippen molar-refractivity contribution in [2.24, 2.45) is 0 Å². The normalized spacial score (nSPS) is 17.7. The van der Waals surface area contributed by atoms with E-state index in [9.17, 15) is 19.1 Å². The lowest BCUT2D eigenvalue weighted by molar-refractivity contribution is -0.129. The summed E-state index contributed by atoms with van der Waals surface area (Å²) in [7, 11) is 0. The van der Waals surface area contributed by atoms with Crippen LogP contribution in [0.5, 0.6) is 5.75 Å². The van der Waals surface area contributed by atoms with Crippen LogP contribution < -0.4 is 15.1 Å². The van der Waals surface area contributed by atoms with Gasteiger partial charge in [0.1, 0.15) is 22.9 Å². The van der Waals surface area contributed by atoms with E-state index < -0.39 is 17.4 Å². The summed E-state index contributed by atoms with van der Waals surface area (Å²) in [6, 6.07) is 5.00. The number of phenolic OH excluding ortho intramolecular Hbond substituents is 1. The second-order valence-corrected chi connectivity index (χ2v) is 10.3. The maximum absolute atomic E-state index is 16.3. The zero-order valence-corrected chi connectivity index (χ0v) is 22.7. The van der Waals surface area contributed by atoms with Crippen molar-refractivity contribution >= 4 is 46.1 Å². The highest BCUT2D eigenvalue weighted by Crippen LogP contribution is 2.42. The number of rotatable bonds is 5. The molecule has 0 aliphatic carbocycles. The van der Waals surface area contributed by atoms with Gasteiger partial charge in [0.2, 0.25) is 17.8 Å². The number of anilines is 2. The summed E-state index contributed by atoms with van der Waals surface area (Å²) < 4.78 is 31.1. The second-order valence-electron chi connectivity index (χ2n) is 9.92. The minimum atomic E-state index is -0.885. The molecule has 2 aromatic carbocycles. The quantitative estimate of drug-likeness (QED) is 0.449. The van der Waals surface area contributed by atoms with Gasteiger partial charge in [-0.15, -0.1) is 0 Å². The first-order chi connectivity index (χ1) is 19.2. The third-order valence-corrected chi connectivity index (χ3v) is 7.65. The minimum Gasteiger partial charge on any atom is -0.507 e. The molecule has 2 aliphatic rings. The van der Waals surface area contributed by atoms with E-state index in [-0.39, 0.29) is 45.5 Å². The summed E-state index contributed by atoms with van der Waals surface area (Å²) in [5.41, 5.74) is -0.723. The van der Waals surface area contributed by atoms with Gasteiger partial charge in [-0.05, 0) is 37.1 Å². The summed E-state index contributed by atoms with van der Waals surface area (Å²) in [4.78, 5) is 38.7. The molecule has 0 radical (unpaired) electrons. The molecular formula is C28H29ClF2N6O3. The fourth-order valence-electron chi connectivity index (χ4n) is 5.31. The van der Waals surface area contributed by atoms with Crippen molar-refractivity contribution in [3.63, 3.8) is 0 Å². The minimum absolute atomic E-state index is 0.0303. The van der Waals surface area contributed by atoms with E-state index in [1.807, 2.05) is 9.80 Å². The predicted octanol–water partition coefficient (Wildman–Crippen LogP) is 3.87. The van der Waals surface area contributed by atoms with E-state index >= 15 is 4.39 Å². The highest BCUT2D eigenvalue weighted by molar-refractivity contribution is 6.34. The van der Waals surface area contributed by atoms with Crippen LogP contribution in [0, 0.1) is 11.6 Å². The number of carbonyl (C=O) groups is 2. The van der Waals surface area contributed by atoms with Gasteiger partial charge < -0.3 is 25.1 Å². The Labute approximate surface area is 235 Å². The molecule has 210 valence electrons. The van der Waals surface area contributed by atoms with Crippen LogP contribution in [0.25, 0.3) is 22.0 Å². The van der Waals surface area contributed by atoms with Gasteiger partial charge in [0.05, 0.1) is 10.6 Å². The summed E-state index contributed by atoms with van der Waals surface area (Å²) in [6.45, 7) is 7.84. The monoisotopic (exact) mass is 570 g/mol. The van der Waals surface area contributed by atoms with Gasteiger partial charge in [0.25, 0.3) is 0 Å². The van der Waals surface area contributed by atoms with Gasteiger partial charge in [-0.3, -0.25) is 9.59 Å². The SMILES string of the molecule is C=CC(=O)NC1CCCN(c2nc(N3CCN(C(C)=O)CC3)c3cc(Cl)c(-c4c(O)cccc4F)c(F)c3n2)C1. The Balaban J connectivity index is 1.64. The molecule has 0 saturated carbocycles. The molecule has 40 heavy (non-hydrogen) atoms. The number of phenols is 1. The van der Waals surface area contributed by atoms with Gasteiger partial charge in [-0.2, -0.15) is 4.98 Å². The molecule has 2 amide bonds. The molecule has 2 aliphatic heterocycles. The Bertz CT molecular complexity index is 1470. The van der Waals surface area contributed by atoms with Crippen LogP contribution in [0.3, 0.4) is 0 Å². The summed E-state index contributed by atoms with van der Waals surface area (Å²) in [5.74, 6) is -1.80. The number of hydrogen-bond acceptors (Lipinski definition) is 7. The zero-order chi connectivity index (χ0) is 28.6. The van der Waals surface area contributed by atoms with Gasteiger partial charge in [-0.25, -0.2) is 13.8 Å². The molecule has 2 N–H and O–H groups in total. The Morgan fingerprint density at radius 1 is 1.12 bits per heavy atom. The van der Waals surface area contributed by atoms with Crippen LogP contribution >= 0.6 is 11.6 Å². The Morgan fingerprint density at radius 2 is 1.88 bits per heavy atom. The first-order valence-electron chi connectivity index (χ1n) is 13.0. The molecule has 3 heterocycles. The van der Waals surface area contributed by atoms with Crippen LogP contribution in [0.4, 0.5) is 20.5 Å². The molecule has 5 rings (SSSR count). The largest absolute Gasteiger partial charge is 0.507 e. The van der Waals surface area contributed by atoms with Crippen molar-refractivity contribution in [1.82, 2.24) is 20.2 Å². The molecule has 2 fully saturated rings. The fraction of sp³-hybridized carbons (Fsp3) is 0.357. The van der Waals surface area contributed by atoms with E-state index in [4.69, 9.17) is 16.6 Å². The predicted molar refractivity (Wildman–Crippen MR) is 150 cm³/mol. The summed E-state index contributed by atoms with van der Waals surface area (Å²) in [5, 5.41) is 13.5. The van der Waals surface area contributed by atoms with Gasteiger partial charge in [0.15, 0.2) is 5.82 Å². The smallest absolute Gasteiger partial charge is 0.243 e. The van der Waals surface area contributed by atoms with Crippen molar-refractivity contribution < 1.29 is 23.5 Å². The van der Waals surface area contributed by atoms with Crippen molar-refractivity contribution in [2.45, 2.75) is 25.8 Å². The lowest BCUT2D eigenvalue weighted by atomic mass is 10.0. The van der Waals surface area contributed by atoms with Crippen LogP contribution in [0.1, 0.15) is 19.8 Å². The van der Waals surface area contributed by atoms with Crippen LogP contribution in [-0.2, 0) is 9.59 Å². The second kappa shape index (κ2) is 11.2. The number of carbonyl (C=O) groups excluding carboxylic acids is 2. The number of halogens is 3. The molecule has 1 unspecified atom stereocenters. The molecule has 0 bridgehead atoms. The number of nitrogens with zero attached hydrogens (tertiary/aromatic N) is 5. The van der Waals surface area contributed by atoms with Crippen molar-refractivity contribution in [2.75, 3.05) is 49.1 Å². The number of aromatic nitrogens is 2. The molecule has 2 saturated heterocycles. The highest BCUT2D eigenvalue weighted by atomic mass is 35.5. The van der Waals surface area contributed by atoms with Crippen molar-refractivity contribution in [3.8, 4) is 16.9 Å². The topological polar surface area (TPSA) is 102 Å². The van der Waals surface area contributed by atoms with Crippen molar-refractivity contribution in [1.29, 1.82) is 0 Å². The zero-order valence-electron chi connectivity index (χ0n) is 22.0.